The van der Waals surface area contributed by atoms with Crippen LogP contribution in [0.4, 0.5) is 0 Å². The van der Waals surface area contributed by atoms with Crippen molar-refractivity contribution in [2.24, 2.45) is 17.6 Å². The van der Waals surface area contributed by atoms with Crippen LogP contribution in [0.1, 0.15) is 6.42 Å². The fourth-order valence-electron chi connectivity index (χ4n) is 2.29. The van der Waals surface area contributed by atoms with Gasteiger partial charge in [-0.05, 0) is 17.6 Å². The monoisotopic (exact) mass is 148 g/mol. The van der Waals surface area contributed by atoms with Crippen molar-refractivity contribution in [1.82, 2.24) is 4.90 Å². The molecule has 58 valence electrons. The first-order chi connectivity index (χ1) is 5.40. The van der Waals surface area contributed by atoms with Crippen molar-refractivity contribution in [2.45, 2.75) is 6.42 Å². The molecule has 11 heavy (non-hydrogen) atoms. The molecule has 2 aliphatic heterocycles. The van der Waals surface area contributed by atoms with E-state index in [2.05, 4.69) is 17.3 Å². The Morgan fingerprint density at radius 3 is 2.45 bits per heavy atom. The summed E-state index contributed by atoms with van der Waals surface area (Å²) in [7, 11) is 0. The van der Waals surface area contributed by atoms with Crippen LogP contribution in [0.3, 0.4) is 0 Å². The molecule has 3 saturated carbocycles. The first-order valence-electron chi connectivity index (χ1n) is 4.29. The number of nitrogens with two attached hydrogens (primary N) is 1. The third-order valence-corrected chi connectivity index (χ3v) is 3.10. The Bertz CT molecular complexity index is 229. The van der Waals surface area contributed by atoms with Crippen LogP contribution >= 0.6 is 0 Å². The van der Waals surface area contributed by atoms with Gasteiger partial charge in [0.1, 0.15) is 0 Å². The molecule has 0 spiro atoms. The lowest BCUT2D eigenvalue weighted by Gasteiger charge is -2.59. The van der Waals surface area contributed by atoms with Crippen LogP contribution in [-0.4, -0.2) is 18.0 Å². The molecule has 5 aliphatic rings. The quantitative estimate of drug-likeness (QED) is 0.624. The van der Waals surface area contributed by atoms with Gasteiger partial charge >= 0.3 is 0 Å². The van der Waals surface area contributed by atoms with Gasteiger partial charge in [-0.25, -0.2) is 0 Å². The van der Waals surface area contributed by atoms with E-state index >= 15 is 0 Å². The summed E-state index contributed by atoms with van der Waals surface area (Å²) in [6.07, 6.45) is 6.01. The lowest BCUT2D eigenvalue weighted by molar-refractivity contribution is 0.216. The second-order valence-corrected chi connectivity index (χ2v) is 3.63. The van der Waals surface area contributed by atoms with Crippen molar-refractivity contribution in [3.63, 3.8) is 0 Å². The number of nitrogens with zero attached hydrogens (tertiary/aromatic N) is 1. The number of hydrogen-bond donors (Lipinski definition) is 1. The molecule has 0 radical (unpaired) electrons. The number of fused-ring (bicyclic) bond motifs is 2. The minimum absolute atomic E-state index is 0.753. The Kier molecular flexibility index (Phi) is 0.899. The van der Waals surface area contributed by atoms with Crippen molar-refractivity contribution >= 4 is 0 Å². The van der Waals surface area contributed by atoms with Crippen LogP contribution in [-0.2, 0) is 0 Å². The highest BCUT2D eigenvalue weighted by atomic mass is 15.1. The highest BCUT2D eigenvalue weighted by Crippen LogP contribution is 2.64. The molecule has 2 heterocycles. The Morgan fingerprint density at radius 1 is 1.36 bits per heavy atom. The van der Waals surface area contributed by atoms with Crippen LogP contribution in [0, 0.1) is 11.8 Å². The summed E-state index contributed by atoms with van der Waals surface area (Å²) in [5.41, 5.74) is 8.79. The van der Waals surface area contributed by atoms with Gasteiger partial charge in [-0.15, -0.1) is 0 Å². The third-order valence-electron chi connectivity index (χ3n) is 3.10. The Morgan fingerprint density at radius 2 is 2.00 bits per heavy atom. The van der Waals surface area contributed by atoms with Gasteiger partial charge in [0, 0.05) is 37.3 Å². The summed E-state index contributed by atoms with van der Waals surface area (Å²) in [6.45, 7) is 1.73. The molecule has 0 aromatic heterocycles. The predicted molar refractivity (Wildman–Crippen MR) is 43.5 cm³/mol. The molecule has 2 N–H and O–H groups in total. The first kappa shape index (κ1) is 5.84. The van der Waals surface area contributed by atoms with Crippen molar-refractivity contribution in [3.05, 3.63) is 23.5 Å². The standard InChI is InChI=1S/C9H12N2/c10-1-2-11-4-8-6-3-7(8)9(6)5-11/h4-7H,1-3,10H2. The number of allylic oxidation sites excluding steroid dienone is 2. The van der Waals surface area contributed by atoms with E-state index < -0.39 is 0 Å². The highest BCUT2D eigenvalue weighted by Gasteiger charge is 2.54. The summed E-state index contributed by atoms with van der Waals surface area (Å²) in [5, 5.41) is 0. The van der Waals surface area contributed by atoms with Gasteiger partial charge in [0.2, 0.25) is 0 Å². The van der Waals surface area contributed by atoms with Crippen molar-refractivity contribution in [2.75, 3.05) is 13.1 Å². The van der Waals surface area contributed by atoms with Crippen molar-refractivity contribution in [1.29, 1.82) is 0 Å². The zero-order valence-corrected chi connectivity index (χ0v) is 6.46. The zero-order valence-electron chi connectivity index (χ0n) is 6.46. The van der Waals surface area contributed by atoms with Crippen LogP contribution in [0.25, 0.3) is 0 Å². The molecule has 2 nitrogen and oxygen atoms in total. The zero-order chi connectivity index (χ0) is 7.42. The molecule has 0 atom stereocenters. The van der Waals surface area contributed by atoms with E-state index in [-0.39, 0.29) is 0 Å². The van der Waals surface area contributed by atoms with Gasteiger partial charge in [-0.2, -0.15) is 0 Å². The van der Waals surface area contributed by atoms with E-state index in [0.717, 1.165) is 24.9 Å². The maximum atomic E-state index is 5.47. The predicted octanol–water partition coefficient (Wildman–Crippen LogP) is 0.678. The van der Waals surface area contributed by atoms with Crippen LogP contribution < -0.4 is 5.73 Å². The highest BCUT2D eigenvalue weighted by molar-refractivity contribution is 5.53. The largest absolute Gasteiger partial charge is 0.353 e. The number of hydrogen-bond acceptors (Lipinski definition) is 2. The molecule has 3 aliphatic carbocycles. The molecule has 0 saturated heterocycles. The lowest BCUT2D eigenvalue weighted by atomic mass is 9.48. The van der Waals surface area contributed by atoms with Gasteiger partial charge in [-0.1, -0.05) is 0 Å². The van der Waals surface area contributed by atoms with Crippen LogP contribution in [0.15, 0.2) is 23.5 Å². The molecule has 0 aromatic carbocycles. The third kappa shape index (κ3) is 0.530. The smallest absolute Gasteiger partial charge is 0.0342 e. The van der Waals surface area contributed by atoms with E-state index in [4.69, 9.17) is 5.73 Å². The fourth-order valence-corrected chi connectivity index (χ4v) is 2.29. The van der Waals surface area contributed by atoms with E-state index in [1.807, 2.05) is 0 Å². The molecule has 4 bridgehead atoms. The van der Waals surface area contributed by atoms with E-state index in [1.54, 1.807) is 11.1 Å². The Labute approximate surface area is 66.4 Å². The molecule has 0 amide bonds. The van der Waals surface area contributed by atoms with Crippen LogP contribution in [0.2, 0.25) is 0 Å². The maximum Gasteiger partial charge on any atom is 0.0342 e. The first-order valence-corrected chi connectivity index (χ1v) is 4.29. The molecule has 0 aromatic rings. The fraction of sp³-hybridized carbons (Fsp3) is 0.556. The van der Waals surface area contributed by atoms with Crippen molar-refractivity contribution < 1.29 is 0 Å². The normalized spacial score (nSPS) is 37.0. The Balaban J connectivity index is 1.81. The summed E-state index contributed by atoms with van der Waals surface area (Å²) in [4.78, 5) is 2.23. The summed E-state index contributed by atoms with van der Waals surface area (Å²) in [6, 6.07) is 0. The molecular formula is C9H12N2. The van der Waals surface area contributed by atoms with Gasteiger partial charge in [0.15, 0.2) is 0 Å². The van der Waals surface area contributed by atoms with Gasteiger partial charge < -0.3 is 10.6 Å². The minimum atomic E-state index is 0.753. The minimum Gasteiger partial charge on any atom is -0.353 e. The van der Waals surface area contributed by atoms with Gasteiger partial charge in [0.05, 0.1) is 0 Å². The summed E-state index contributed by atoms with van der Waals surface area (Å²) in [5.74, 6) is 1.74. The molecule has 3 fully saturated rings. The molecule has 0 unspecified atom stereocenters. The summed E-state index contributed by atoms with van der Waals surface area (Å²) < 4.78 is 0. The van der Waals surface area contributed by atoms with Gasteiger partial charge in [-0.3, -0.25) is 0 Å². The second-order valence-electron chi connectivity index (χ2n) is 3.63. The van der Waals surface area contributed by atoms with Crippen molar-refractivity contribution in [3.8, 4) is 0 Å². The average Bonchev–Trinajstić information content (AvgIpc) is 1.90. The average molecular weight is 148 g/mol. The van der Waals surface area contributed by atoms with Crippen LogP contribution in [0.5, 0.6) is 0 Å². The lowest BCUT2D eigenvalue weighted by Crippen LogP contribution is -2.50. The second kappa shape index (κ2) is 1.69. The van der Waals surface area contributed by atoms with Gasteiger partial charge in [0.25, 0.3) is 0 Å². The van der Waals surface area contributed by atoms with E-state index in [9.17, 15) is 0 Å². The topological polar surface area (TPSA) is 29.3 Å². The molecular weight excluding hydrogens is 136 g/mol. The maximum absolute atomic E-state index is 5.47. The molecule has 5 rings (SSSR count). The molecule has 2 heteroatoms. The summed E-state index contributed by atoms with van der Waals surface area (Å²) >= 11 is 0. The SMILES string of the molecule is NCCN1C=C2C3CC2C3=C1. The number of rotatable bonds is 2. The van der Waals surface area contributed by atoms with E-state index in [0.29, 0.717) is 0 Å². The van der Waals surface area contributed by atoms with E-state index in [1.165, 1.54) is 6.42 Å². The Hall–Kier alpha value is -0.760.